The third kappa shape index (κ3) is 6.96. The summed E-state index contributed by atoms with van der Waals surface area (Å²) in [7, 11) is 2.12. The molecule has 1 rings (SSSR count). The third-order valence-electron chi connectivity index (χ3n) is 3.37. The lowest BCUT2D eigenvalue weighted by Gasteiger charge is -2.24. The zero-order valence-corrected chi connectivity index (χ0v) is 14.8. The number of anilines is 1. The van der Waals surface area contributed by atoms with Crippen molar-refractivity contribution in [2.45, 2.75) is 59.7 Å². The second kappa shape index (κ2) is 7.81. The van der Waals surface area contributed by atoms with Crippen molar-refractivity contribution < 1.29 is 4.74 Å². The average Bonchev–Trinajstić information content (AvgIpc) is 2.35. The van der Waals surface area contributed by atoms with E-state index < -0.39 is 0 Å². The zero-order valence-electron chi connectivity index (χ0n) is 14.8. The van der Waals surface area contributed by atoms with Crippen molar-refractivity contribution in [3.63, 3.8) is 0 Å². The van der Waals surface area contributed by atoms with Gasteiger partial charge in [-0.3, -0.25) is 0 Å². The molecule has 1 aromatic carbocycles. The van der Waals surface area contributed by atoms with Crippen LogP contribution in [0.3, 0.4) is 0 Å². The van der Waals surface area contributed by atoms with Gasteiger partial charge in [-0.15, -0.1) is 0 Å². The summed E-state index contributed by atoms with van der Waals surface area (Å²) in [5, 5.41) is 3.53. The Hall–Kier alpha value is -1.06. The van der Waals surface area contributed by atoms with Crippen molar-refractivity contribution >= 4 is 5.69 Å². The summed E-state index contributed by atoms with van der Waals surface area (Å²) < 4.78 is 5.62. The molecule has 1 N–H and O–H groups in total. The molecule has 0 aliphatic rings. The maximum atomic E-state index is 5.62. The maximum absolute atomic E-state index is 5.62. The number of hydrogen-bond acceptors (Lipinski definition) is 3. The molecule has 21 heavy (non-hydrogen) atoms. The van der Waals surface area contributed by atoms with Gasteiger partial charge in [0, 0.05) is 31.4 Å². The van der Waals surface area contributed by atoms with Gasteiger partial charge >= 0.3 is 0 Å². The largest absolute Gasteiger partial charge is 0.377 e. The Labute approximate surface area is 130 Å². The first-order chi connectivity index (χ1) is 9.69. The molecule has 0 bridgehead atoms. The minimum atomic E-state index is 0.150. The summed E-state index contributed by atoms with van der Waals surface area (Å²) in [5.41, 5.74) is 4.08. The lowest BCUT2D eigenvalue weighted by Crippen LogP contribution is -2.35. The maximum Gasteiger partial charge on any atom is 0.0644 e. The van der Waals surface area contributed by atoms with Crippen molar-refractivity contribution in [2.24, 2.45) is 0 Å². The Morgan fingerprint density at radius 1 is 1.24 bits per heavy atom. The number of ether oxygens (including phenoxy) is 1. The minimum absolute atomic E-state index is 0.150. The number of aryl methyl sites for hydroxylation is 1. The molecule has 3 heteroatoms. The highest BCUT2D eigenvalue weighted by Crippen LogP contribution is 2.20. The first-order valence-corrected chi connectivity index (χ1v) is 7.86. The van der Waals surface area contributed by atoms with Gasteiger partial charge in [-0.05, 0) is 58.7 Å². The molecule has 0 aliphatic heterocycles. The van der Waals surface area contributed by atoms with Crippen LogP contribution >= 0.6 is 0 Å². The molecule has 1 aromatic rings. The van der Waals surface area contributed by atoms with E-state index in [4.69, 9.17) is 4.74 Å². The lowest BCUT2D eigenvalue weighted by atomic mass is 10.1. The van der Waals surface area contributed by atoms with Crippen molar-refractivity contribution in [1.29, 1.82) is 0 Å². The van der Waals surface area contributed by atoms with Gasteiger partial charge in [0.25, 0.3) is 0 Å². The van der Waals surface area contributed by atoms with Gasteiger partial charge in [-0.1, -0.05) is 12.1 Å². The molecule has 0 amide bonds. The highest BCUT2D eigenvalue weighted by atomic mass is 16.5. The molecular formula is C18H32N2O. The number of hydrogen-bond donors (Lipinski definition) is 1. The summed E-state index contributed by atoms with van der Waals surface area (Å²) in [4.78, 5) is 2.26. The monoisotopic (exact) mass is 292 g/mol. The zero-order chi connectivity index (χ0) is 16.0. The van der Waals surface area contributed by atoms with E-state index in [-0.39, 0.29) is 5.54 Å². The molecule has 0 atom stereocenters. The lowest BCUT2D eigenvalue weighted by molar-refractivity contribution is 0.0846. The van der Waals surface area contributed by atoms with E-state index >= 15 is 0 Å². The first kappa shape index (κ1) is 18.0. The van der Waals surface area contributed by atoms with Crippen molar-refractivity contribution in [1.82, 2.24) is 5.32 Å². The molecule has 0 heterocycles. The fourth-order valence-electron chi connectivity index (χ4n) is 2.17. The Morgan fingerprint density at radius 3 is 2.43 bits per heavy atom. The fraction of sp³-hybridized carbons (Fsp3) is 0.667. The van der Waals surface area contributed by atoms with Crippen LogP contribution in [0, 0.1) is 6.92 Å². The number of likely N-dealkylation sites (N-methyl/N-ethyl adjacent to an activating group) is 1. The number of benzene rings is 1. The predicted molar refractivity (Wildman–Crippen MR) is 92.1 cm³/mol. The van der Waals surface area contributed by atoms with E-state index in [0.29, 0.717) is 6.10 Å². The molecule has 0 saturated heterocycles. The van der Waals surface area contributed by atoms with Crippen LogP contribution in [0.4, 0.5) is 5.69 Å². The summed E-state index contributed by atoms with van der Waals surface area (Å²) in [6.45, 7) is 15.5. The van der Waals surface area contributed by atoms with Crippen LogP contribution in [-0.2, 0) is 11.3 Å². The van der Waals surface area contributed by atoms with Gasteiger partial charge in [0.05, 0.1) is 12.7 Å². The van der Waals surface area contributed by atoms with Crippen molar-refractivity contribution in [3.05, 3.63) is 29.3 Å². The Kier molecular flexibility index (Phi) is 6.69. The molecule has 0 saturated carbocycles. The summed E-state index contributed by atoms with van der Waals surface area (Å²) in [6, 6.07) is 6.69. The van der Waals surface area contributed by atoms with Gasteiger partial charge in [-0.2, -0.15) is 0 Å². The van der Waals surface area contributed by atoms with E-state index in [1.165, 1.54) is 16.8 Å². The van der Waals surface area contributed by atoms with E-state index in [1.54, 1.807) is 0 Å². The van der Waals surface area contributed by atoms with Crippen LogP contribution in [-0.4, -0.2) is 31.8 Å². The number of nitrogens with one attached hydrogen (secondary N) is 1. The molecule has 0 aromatic heterocycles. The molecule has 0 radical (unpaired) electrons. The predicted octanol–water partition coefficient (Wildman–Crippen LogP) is 3.74. The standard InChI is InChI=1S/C18H32N2O/c1-14(2)21-11-10-20(7)17-9-8-16(12-15(17)3)13-19-18(4,5)6/h8-9,12,14,19H,10-11,13H2,1-7H3. The second-order valence-electron chi connectivity index (χ2n) is 7.07. The Balaban J connectivity index is 2.60. The highest BCUT2D eigenvalue weighted by molar-refractivity contribution is 5.53. The second-order valence-corrected chi connectivity index (χ2v) is 7.07. The quantitative estimate of drug-likeness (QED) is 0.828. The van der Waals surface area contributed by atoms with Crippen LogP contribution in [0.15, 0.2) is 18.2 Å². The SMILES string of the molecule is Cc1cc(CNC(C)(C)C)ccc1N(C)CCOC(C)C. The minimum Gasteiger partial charge on any atom is -0.377 e. The summed E-state index contributed by atoms with van der Waals surface area (Å²) in [5.74, 6) is 0. The molecule has 120 valence electrons. The van der Waals surface area contributed by atoms with Crippen LogP contribution in [0.1, 0.15) is 45.7 Å². The molecule has 3 nitrogen and oxygen atoms in total. The van der Waals surface area contributed by atoms with Crippen LogP contribution in [0.2, 0.25) is 0 Å². The van der Waals surface area contributed by atoms with Gasteiger partial charge in [0.1, 0.15) is 0 Å². The molecule has 0 aliphatic carbocycles. The Morgan fingerprint density at radius 2 is 1.90 bits per heavy atom. The Bertz CT molecular complexity index is 435. The number of nitrogens with zero attached hydrogens (tertiary/aromatic N) is 1. The topological polar surface area (TPSA) is 24.5 Å². The van der Waals surface area contributed by atoms with Crippen molar-refractivity contribution in [2.75, 3.05) is 25.1 Å². The van der Waals surface area contributed by atoms with Crippen LogP contribution in [0.25, 0.3) is 0 Å². The summed E-state index contributed by atoms with van der Waals surface area (Å²) >= 11 is 0. The van der Waals surface area contributed by atoms with Gasteiger partial charge < -0.3 is 15.0 Å². The number of rotatable bonds is 7. The first-order valence-electron chi connectivity index (χ1n) is 7.86. The summed E-state index contributed by atoms with van der Waals surface area (Å²) in [6.07, 6.45) is 0.297. The molecule has 0 spiro atoms. The third-order valence-corrected chi connectivity index (χ3v) is 3.37. The van der Waals surface area contributed by atoms with Gasteiger partial charge in [0.15, 0.2) is 0 Å². The van der Waals surface area contributed by atoms with E-state index in [2.05, 4.69) is 77.0 Å². The van der Waals surface area contributed by atoms with Gasteiger partial charge in [0.2, 0.25) is 0 Å². The van der Waals surface area contributed by atoms with E-state index in [1.807, 2.05) is 0 Å². The highest BCUT2D eigenvalue weighted by Gasteiger charge is 2.10. The molecule has 0 unspecified atom stereocenters. The fourth-order valence-corrected chi connectivity index (χ4v) is 2.17. The van der Waals surface area contributed by atoms with Gasteiger partial charge in [-0.25, -0.2) is 0 Å². The van der Waals surface area contributed by atoms with Crippen molar-refractivity contribution in [3.8, 4) is 0 Å². The van der Waals surface area contributed by atoms with E-state index in [0.717, 1.165) is 19.7 Å². The van der Waals surface area contributed by atoms with Crippen LogP contribution in [0.5, 0.6) is 0 Å². The van der Waals surface area contributed by atoms with Crippen LogP contribution < -0.4 is 10.2 Å². The normalized spacial score (nSPS) is 12.0. The van der Waals surface area contributed by atoms with E-state index in [9.17, 15) is 0 Å². The molecule has 0 fully saturated rings. The molecular weight excluding hydrogens is 260 g/mol. The smallest absolute Gasteiger partial charge is 0.0644 e. The average molecular weight is 292 g/mol.